The Morgan fingerprint density at radius 1 is 1.61 bits per heavy atom. The summed E-state index contributed by atoms with van der Waals surface area (Å²) in [7, 11) is 0. The summed E-state index contributed by atoms with van der Waals surface area (Å²) in [6.07, 6.45) is 2.00. The Hall–Kier alpha value is -1.69. The second-order valence-electron chi connectivity index (χ2n) is 4.08. The van der Waals surface area contributed by atoms with E-state index in [9.17, 15) is 4.79 Å². The molecule has 94 valence electrons. The van der Waals surface area contributed by atoms with Gasteiger partial charge in [-0.2, -0.15) is 0 Å². The molecule has 0 atom stereocenters. The molecular formula is C12H13N3O2S. The smallest absolute Gasteiger partial charge is 0.226 e. The van der Waals surface area contributed by atoms with Crippen molar-refractivity contribution in [2.24, 2.45) is 4.99 Å². The number of rotatable bonds is 4. The number of nitrogens with one attached hydrogen (secondary N) is 1. The van der Waals surface area contributed by atoms with Crippen LogP contribution in [0.5, 0.6) is 0 Å². The van der Waals surface area contributed by atoms with Gasteiger partial charge < -0.3 is 14.6 Å². The van der Waals surface area contributed by atoms with Gasteiger partial charge in [0.1, 0.15) is 5.76 Å². The van der Waals surface area contributed by atoms with Gasteiger partial charge in [-0.1, -0.05) is 11.8 Å². The van der Waals surface area contributed by atoms with Crippen LogP contribution in [-0.4, -0.2) is 29.1 Å². The van der Waals surface area contributed by atoms with Crippen molar-refractivity contribution in [3.63, 3.8) is 0 Å². The predicted molar refractivity (Wildman–Crippen MR) is 69.9 cm³/mol. The van der Waals surface area contributed by atoms with Crippen LogP contribution in [0.2, 0.25) is 0 Å². The summed E-state index contributed by atoms with van der Waals surface area (Å²) in [5, 5.41) is 5.86. The zero-order chi connectivity index (χ0) is 12.4. The molecule has 3 rings (SSSR count). The Kier molecular flexibility index (Phi) is 3.10. The van der Waals surface area contributed by atoms with Gasteiger partial charge in [0.25, 0.3) is 0 Å². The largest absolute Gasteiger partial charge is 0.467 e. The zero-order valence-electron chi connectivity index (χ0n) is 9.76. The number of thioether (sulfide) groups is 1. The first-order chi connectivity index (χ1) is 8.83. The lowest BCUT2D eigenvalue weighted by atomic mass is 10.3. The molecule has 0 aromatic carbocycles. The highest BCUT2D eigenvalue weighted by molar-refractivity contribution is 8.16. The average molecular weight is 263 g/mol. The third-order valence-electron chi connectivity index (χ3n) is 2.83. The highest BCUT2D eigenvalue weighted by Crippen LogP contribution is 2.30. The first kappa shape index (κ1) is 11.4. The molecule has 0 spiro atoms. The summed E-state index contributed by atoms with van der Waals surface area (Å²) in [5.74, 6) is 0.771. The van der Waals surface area contributed by atoms with Crippen molar-refractivity contribution >= 4 is 22.8 Å². The van der Waals surface area contributed by atoms with Crippen molar-refractivity contribution in [1.29, 1.82) is 0 Å². The van der Waals surface area contributed by atoms with Gasteiger partial charge in [-0.15, -0.1) is 0 Å². The molecule has 0 unspecified atom stereocenters. The Morgan fingerprint density at radius 2 is 2.56 bits per heavy atom. The van der Waals surface area contributed by atoms with E-state index in [1.807, 2.05) is 17.5 Å². The fraction of sp³-hybridized carbons (Fsp3) is 0.333. The van der Waals surface area contributed by atoms with E-state index < -0.39 is 0 Å². The summed E-state index contributed by atoms with van der Waals surface area (Å²) in [5.41, 5.74) is 1.04. The molecule has 0 saturated carbocycles. The van der Waals surface area contributed by atoms with E-state index in [-0.39, 0.29) is 5.91 Å². The monoisotopic (exact) mass is 263 g/mol. The van der Waals surface area contributed by atoms with Crippen molar-refractivity contribution in [1.82, 2.24) is 10.2 Å². The molecule has 1 aromatic rings. The molecule has 3 heterocycles. The van der Waals surface area contributed by atoms with Crippen LogP contribution in [0.4, 0.5) is 0 Å². The van der Waals surface area contributed by atoms with Crippen molar-refractivity contribution in [2.45, 2.75) is 13.0 Å². The number of amidine groups is 1. The average Bonchev–Trinajstić information content (AvgIpc) is 3.05. The maximum atomic E-state index is 11.8. The van der Waals surface area contributed by atoms with Crippen LogP contribution >= 0.6 is 11.8 Å². The molecule has 1 amide bonds. The number of carbonyl (C=O) groups excluding carboxylic acids is 1. The second-order valence-corrected chi connectivity index (χ2v) is 4.91. The molecular weight excluding hydrogens is 250 g/mol. The number of nitrogens with zero attached hydrogens (tertiary/aromatic N) is 2. The van der Waals surface area contributed by atoms with Crippen LogP contribution in [0, 0.1) is 0 Å². The van der Waals surface area contributed by atoms with E-state index in [4.69, 9.17) is 4.42 Å². The quantitative estimate of drug-likeness (QED) is 0.895. The maximum Gasteiger partial charge on any atom is 0.226 e. The third kappa shape index (κ3) is 2.28. The van der Waals surface area contributed by atoms with E-state index >= 15 is 0 Å². The van der Waals surface area contributed by atoms with Gasteiger partial charge in [0.2, 0.25) is 5.91 Å². The zero-order valence-corrected chi connectivity index (χ0v) is 10.6. The van der Waals surface area contributed by atoms with Crippen LogP contribution in [-0.2, 0) is 11.3 Å². The minimum Gasteiger partial charge on any atom is -0.467 e. The summed E-state index contributed by atoms with van der Waals surface area (Å²) >= 11 is 1.59. The molecule has 0 bridgehead atoms. The fourth-order valence-electron chi connectivity index (χ4n) is 1.94. The van der Waals surface area contributed by atoms with E-state index in [0.717, 1.165) is 29.7 Å². The summed E-state index contributed by atoms with van der Waals surface area (Å²) in [6, 6.07) is 3.65. The number of fused-ring (bicyclic) bond motifs is 1. The SMILES string of the molecule is O=C(CC1=CSC2=NCCN12)NCc1ccco1. The summed E-state index contributed by atoms with van der Waals surface area (Å²) in [4.78, 5) is 18.3. The number of aliphatic imine (C=N–C) groups is 1. The van der Waals surface area contributed by atoms with Gasteiger partial charge in [0.05, 0.1) is 25.8 Å². The van der Waals surface area contributed by atoms with Gasteiger partial charge in [0.15, 0.2) is 5.17 Å². The van der Waals surface area contributed by atoms with E-state index in [2.05, 4.69) is 15.2 Å². The molecule has 0 radical (unpaired) electrons. The van der Waals surface area contributed by atoms with Crippen molar-refractivity contribution in [2.75, 3.05) is 13.1 Å². The molecule has 2 aliphatic rings. The normalized spacial score (nSPS) is 17.4. The Morgan fingerprint density at radius 3 is 3.39 bits per heavy atom. The minimum absolute atomic E-state index is 0.00593. The first-order valence-electron chi connectivity index (χ1n) is 5.80. The van der Waals surface area contributed by atoms with Gasteiger partial charge in [-0.3, -0.25) is 9.79 Å². The Bertz CT molecular complexity index is 507. The van der Waals surface area contributed by atoms with Crippen LogP contribution in [0.15, 0.2) is 38.9 Å². The maximum absolute atomic E-state index is 11.8. The van der Waals surface area contributed by atoms with Crippen molar-refractivity contribution in [3.05, 3.63) is 35.3 Å². The van der Waals surface area contributed by atoms with Gasteiger partial charge in [0, 0.05) is 12.2 Å². The highest BCUT2D eigenvalue weighted by Gasteiger charge is 2.27. The molecule has 0 aliphatic carbocycles. The molecule has 0 saturated heterocycles. The molecule has 0 fully saturated rings. The highest BCUT2D eigenvalue weighted by atomic mass is 32.2. The van der Waals surface area contributed by atoms with Crippen molar-refractivity contribution < 1.29 is 9.21 Å². The standard InChI is InChI=1S/C12H13N3O2S/c16-11(14-7-10-2-1-5-17-10)6-9-8-18-12-13-3-4-15(9)12/h1-2,5,8H,3-4,6-7H2,(H,14,16). The van der Waals surface area contributed by atoms with E-state index in [1.54, 1.807) is 18.0 Å². The molecule has 18 heavy (non-hydrogen) atoms. The van der Waals surface area contributed by atoms with Gasteiger partial charge in [-0.25, -0.2) is 0 Å². The number of amides is 1. The minimum atomic E-state index is 0.00593. The summed E-state index contributed by atoms with van der Waals surface area (Å²) < 4.78 is 5.16. The lowest BCUT2D eigenvalue weighted by Gasteiger charge is -2.15. The number of furan rings is 1. The fourth-order valence-corrected chi connectivity index (χ4v) is 2.89. The third-order valence-corrected chi connectivity index (χ3v) is 3.78. The van der Waals surface area contributed by atoms with Crippen LogP contribution in [0.3, 0.4) is 0 Å². The van der Waals surface area contributed by atoms with Crippen LogP contribution in [0.25, 0.3) is 0 Å². The van der Waals surface area contributed by atoms with Crippen LogP contribution in [0.1, 0.15) is 12.2 Å². The molecule has 6 heteroatoms. The second kappa shape index (κ2) is 4.89. The number of carbonyl (C=O) groups is 1. The Balaban J connectivity index is 1.51. The molecule has 1 N–H and O–H groups in total. The van der Waals surface area contributed by atoms with Crippen molar-refractivity contribution in [3.8, 4) is 0 Å². The van der Waals surface area contributed by atoms with Gasteiger partial charge >= 0.3 is 0 Å². The first-order valence-corrected chi connectivity index (χ1v) is 6.67. The summed E-state index contributed by atoms with van der Waals surface area (Å²) in [6.45, 7) is 2.15. The topological polar surface area (TPSA) is 57.8 Å². The molecule has 5 nitrogen and oxygen atoms in total. The molecule has 1 aromatic heterocycles. The predicted octanol–water partition coefficient (Wildman–Crippen LogP) is 1.55. The number of hydrogen-bond acceptors (Lipinski definition) is 5. The van der Waals surface area contributed by atoms with E-state index in [0.29, 0.717) is 13.0 Å². The van der Waals surface area contributed by atoms with Gasteiger partial charge in [-0.05, 0) is 17.5 Å². The lowest BCUT2D eigenvalue weighted by molar-refractivity contribution is -0.120. The lowest BCUT2D eigenvalue weighted by Crippen LogP contribution is -2.28. The Labute approximate surface area is 109 Å². The van der Waals surface area contributed by atoms with Crippen LogP contribution < -0.4 is 5.32 Å². The number of hydrogen-bond donors (Lipinski definition) is 1. The molecule has 2 aliphatic heterocycles. The van der Waals surface area contributed by atoms with E-state index in [1.165, 1.54) is 0 Å².